The monoisotopic (exact) mass is 351 g/mol. The Hall–Kier alpha value is -2.59. The number of ether oxygens (including phenoxy) is 1. The van der Waals surface area contributed by atoms with Gasteiger partial charge in [0, 0.05) is 12.1 Å². The molecule has 1 aliphatic rings. The third-order valence-corrected chi connectivity index (χ3v) is 4.78. The molecule has 0 spiro atoms. The Kier molecular flexibility index (Phi) is 5.43. The average molecular weight is 351 g/mol. The zero-order valence-electron chi connectivity index (χ0n) is 15.5. The van der Waals surface area contributed by atoms with E-state index in [0.717, 1.165) is 46.5 Å². The molecular weight excluding hydrogens is 326 g/mol. The number of nitrogens with zero attached hydrogens (tertiary/aromatic N) is 1. The summed E-state index contributed by atoms with van der Waals surface area (Å²) in [6.45, 7) is 3.18. The van der Waals surface area contributed by atoms with E-state index in [-0.39, 0.29) is 0 Å². The maximum absolute atomic E-state index is 11.4. The van der Waals surface area contributed by atoms with E-state index in [2.05, 4.69) is 37.2 Å². The van der Waals surface area contributed by atoms with Crippen molar-refractivity contribution in [2.75, 3.05) is 20.6 Å². The van der Waals surface area contributed by atoms with Crippen molar-refractivity contribution in [1.82, 2.24) is 4.90 Å². The first-order valence-corrected chi connectivity index (χ1v) is 8.90. The molecule has 0 bridgehead atoms. The van der Waals surface area contributed by atoms with Gasteiger partial charge in [-0.05, 0) is 61.8 Å². The summed E-state index contributed by atoms with van der Waals surface area (Å²) in [4.78, 5) is 13.6. The van der Waals surface area contributed by atoms with Crippen LogP contribution in [0.15, 0.2) is 48.5 Å². The smallest absolute Gasteiger partial charge is 0.310 e. The van der Waals surface area contributed by atoms with Gasteiger partial charge in [-0.25, -0.2) is 0 Å². The van der Waals surface area contributed by atoms with E-state index in [1.807, 2.05) is 30.3 Å². The van der Waals surface area contributed by atoms with Gasteiger partial charge < -0.3 is 14.7 Å². The van der Waals surface area contributed by atoms with Crippen LogP contribution in [-0.4, -0.2) is 36.6 Å². The maximum atomic E-state index is 11.4. The van der Waals surface area contributed by atoms with Crippen molar-refractivity contribution >= 4 is 11.5 Å². The topological polar surface area (TPSA) is 49.8 Å². The highest BCUT2D eigenvalue weighted by atomic mass is 16.5. The van der Waals surface area contributed by atoms with Gasteiger partial charge in [-0.2, -0.15) is 0 Å². The standard InChI is InChI=1S/C22H25NO3/c1-15(22(24)25)16-10-11-21-20(13-16)19(9-6-12-23(2)3)18-8-5-4-7-17(18)14-26-21/h4-5,7-11,13,15H,6,12,14H2,1-3H3,(H,24,25). The Morgan fingerprint density at radius 3 is 2.73 bits per heavy atom. The third-order valence-electron chi connectivity index (χ3n) is 4.78. The third kappa shape index (κ3) is 3.81. The predicted molar refractivity (Wildman–Crippen MR) is 104 cm³/mol. The number of fused-ring (bicyclic) bond motifs is 2. The SMILES string of the molecule is CC(C(=O)O)c1ccc2c(c1)C(=CCCN(C)C)c1ccccc1CO2. The van der Waals surface area contributed by atoms with Crippen LogP contribution in [0.4, 0.5) is 0 Å². The molecule has 1 unspecified atom stereocenters. The molecule has 4 nitrogen and oxygen atoms in total. The first-order chi connectivity index (χ1) is 12.5. The molecule has 0 saturated heterocycles. The number of rotatable bonds is 5. The molecule has 136 valence electrons. The van der Waals surface area contributed by atoms with Gasteiger partial charge in [0.05, 0.1) is 5.92 Å². The Morgan fingerprint density at radius 1 is 1.23 bits per heavy atom. The number of carboxylic acids is 1. The number of hydrogen-bond acceptors (Lipinski definition) is 3. The molecule has 4 heteroatoms. The van der Waals surface area contributed by atoms with Crippen LogP contribution in [0.5, 0.6) is 5.75 Å². The Morgan fingerprint density at radius 2 is 2.00 bits per heavy atom. The van der Waals surface area contributed by atoms with Gasteiger partial charge in [0.15, 0.2) is 0 Å². The molecule has 2 aromatic rings. The second-order valence-electron chi connectivity index (χ2n) is 6.97. The van der Waals surface area contributed by atoms with E-state index in [1.165, 1.54) is 0 Å². The lowest BCUT2D eigenvalue weighted by atomic mass is 9.90. The Labute approximate surface area is 154 Å². The lowest BCUT2D eigenvalue weighted by Gasteiger charge is -2.15. The molecule has 0 aliphatic carbocycles. The lowest BCUT2D eigenvalue weighted by Crippen LogP contribution is -2.12. The summed E-state index contributed by atoms with van der Waals surface area (Å²) in [6, 6.07) is 14.0. The minimum Gasteiger partial charge on any atom is -0.488 e. The number of hydrogen-bond donors (Lipinski definition) is 1. The summed E-state index contributed by atoms with van der Waals surface area (Å²) in [5.41, 5.74) is 5.18. The van der Waals surface area contributed by atoms with Gasteiger partial charge in [0.1, 0.15) is 12.4 Å². The molecule has 1 heterocycles. The highest BCUT2D eigenvalue weighted by Gasteiger charge is 2.22. The molecule has 0 radical (unpaired) electrons. The van der Waals surface area contributed by atoms with Crippen LogP contribution in [0.25, 0.3) is 5.57 Å². The van der Waals surface area contributed by atoms with Crippen molar-refractivity contribution in [1.29, 1.82) is 0 Å². The Bertz CT molecular complexity index is 839. The van der Waals surface area contributed by atoms with Crippen molar-refractivity contribution in [3.8, 4) is 5.75 Å². The Balaban J connectivity index is 2.11. The molecule has 0 saturated carbocycles. The number of benzene rings is 2. The van der Waals surface area contributed by atoms with Gasteiger partial charge in [-0.3, -0.25) is 4.79 Å². The van der Waals surface area contributed by atoms with E-state index < -0.39 is 11.9 Å². The number of carboxylic acid groups (broad SMARTS) is 1. The fourth-order valence-electron chi connectivity index (χ4n) is 3.19. The van der Waals surface area contributed by atoms with Crippen LogP contribution >= 0.6 is 0 Å². The van der Waals surface area contributed by atoms with Gasteiger partial charge >= 0.3 is 5.97 Å². The molecular formula is C22H25NO3. The van der Waals surface area contributed by atoms with Crippen molar-refractivity contribution < 1.29 is 14.6 Å². The van der Waals surface area contributed by atoms with Crippen molar-refractivity contribution in [2.24, 2.45) is 0 Å². The fourth-order valence-corrected chi connectivity index (χ4v) is 3.19. The fraction of sp³-hybridized carbons (Fsp3) is 0.318. The first kappa shape index (κ1) is 18.2. The van der Waals surface area contributed by atoms with Crippen LogP contribution in [-0.2, 0) is 11.4 Å². The maximum Gasteiger partial charge on any atom is 0.310 e. The van der Waals surface area contributed by atoms with Crippen LogP contribution in [0, 0.1) is 0 Å². The van der Waals surface area contributed by atoms with E-state index in [9.17, 15) is 9.90 Å². The normalized spacial score (nSPS) is 15.8. The predicted octanol–water partition coefficient (Wildman–Crippen LogP) is 4.15. The second-order valence-corrected chi connectivity index (χ2v) is 6.97. The summed E-state index contributed by atoms with van der Waals surface area (Å²) in [6.07, 6.45) is 3.15. The first-order valence-electron chi connectivity index (χ1n) is 8.90. The summed E-state index contributed by atoms with van der Waals surface area (Å²) in [5.74, 6) is -0.571. The van der Waals surface area contributed by atoms with Crippen molar-refractivity contribution in [3.05, 3.63) is 70.8 Å². The quantitative estimate of drug-likeness (QED) is 0.879. The van der Waals surface area contributed by atoms with E-state index in [4.69, 9.17) is 4.74 Å². The molecule has 0 aromatic heterocycles. The summed E-state index contributed by atoms with van der Waals surface area (Å²) in [7, 11) is 4.12. The van der Waals surface area contributed by atoms with Crippen LogP contribution in [0.3, 0.4) is 0 Å². The number of carbonyl (C=O) groups is 1. The average Bonchev–Trinajstić information content (AvgIpc) is 2.78. The van der Waals surface area contributed by atoms with E-state index in [0.29, 0.717) is 6.61 Å². The number of aliphatic carboxylic acids is 1. The van der Waals surface area contributed by atoms with Gasteiger partial charge in [0.25, 0.3) is 0 Å². The lowest BCUT2D eigenvalue weighted by molar-refractivity contribution is -0.138. The molecule has 1 aliphatic heterocycles. The van der Waals surface area contributed by atoms with Crippen molar-refractivity contribution in [2.45, 2.75) is 25.9 Å². The molecule has 2 aromatic carbocycles. The second kappa shape index (κ2) is 7.75. The highest BCUT2D eigenvalue weighted by molar-refractivity contribution is 5.86. The molecule has 3 rings (SSSR count). The summed E-state index contributed by atoms with van der Waals surface area (Å²) < 4.78 is 6.03. The molecule has 1 N–H and O–H groups in total. The van der Waals surface area contributed by atoms with Gasteiger partial charge in [0.2, 0.25) is 0 Å². The summed E-state index contributed by atoms with van der Waals surface area (Å²) in [5, 5.41) is 9.37. The molecule has 1 atom stereocenters. The van der Waals surface area contributed by atoms with Crippen molar-refractivity contribution in [3.63, 3.8) is 0 Å². The van der Waals surface area contributed by atoms with E-state index in [1.54, 1.807) is 6.92 Å². The molecule has 0 fully saturated rings. The largest absolute Gasteiger partial charge is 0.488 e. The van der Waals surface area contributed by atoms with Crippen LogP contribution in [0.1, 0.15) is 41.5 Å². The zero-order chi connectivity index (χ0) is 18.7. The van der Waals surface area contributed by atoms with E-state index >= 15 is 0 Å². The summed E-state index contributed by atoms with van der Waals surface area (Å²) >= 11 is 0. The van der Waals surface area contributed by atoms with Crippen LogP contribution < -0.4 is 4.74 Å². The minimum absolute atomic E-state index is 0.516. The minimum atomic E-state index is -0.821. The van der Waals surface area contributed by atoms with Crippen LogP contribution in [0.2, 0.25) is 0 Å². The molecule has 0 amide bonds. The highest BCUT2D eigenvalue weighted by Crippen LogP contribution is 2.38. The van der Waals surface area contributed by atoms with Gasteiger partial charge in [-0.15, -0.1) is 0 Å². The zero-order valence-corrected chi connectivity index (χ0v) is 15.5. The van der Waals surface area contributed by atoms with Gasteiger partial charge in [-0.1, -0.05) is 36.4 Å². The molecule has 26 heavy (non-hydrogen) atoms.